The number of aryl methyl sites for hydroxylation is 3. The van der Waals surface area contributed by atoms with Crippen LogP contribution in [0.4, 0.5) is 11.6 Å². The normalized spacial score (nSPS) is 19.8. The molecule has 1 atom stereocenters. The molecule has 5 rings (SSSR count). The van der Waals surface area contributed by atoms with Gasteiger partial charge in [-0.1, -0.05) is 0 Å². The van der Waals surface area contributed by atoms with Crippen molar-refractivity contribution in [2.75, 3.05) is 12.4 Å². The van der Waals surface area contributed by atoms with Crippen LogP contribution < -0.4 is 10.6 Å². The molecule has 4 heterocycles. The number of anilines is 2. The highest BCUT2D eigenvalue weighted by Crippen LogP contribution is 2.46. The standard InChI is InChI=1S/C25H30N10O2/c1-14-10-28-35(13-14)22-12-26-19(11-27-22)17(4)30-24(36)25(37-5)8-18(9-25)23-29-15(2)6-20(32-23)31-21-7-16(3)33-34-21/h6-7,10-13,17-18H,8-9H2,1-5H3,(H,30,36)(H2,29,31,32,33,34)/t17-,18?,25?/m0/s1. The molecule has 4 aromatic heterocycles. The van der Waals surface area contributed by atoms with Gasteiger partial charge < -0.3 is 15.4 Å². The third-order valence-corrected chi connectivity index (χ3v) is 6.55. The number of methoxy groups -OCH3 is 1. The van der Waals surface area contributed by atoms with Crippen molar-refractivity contribution in [3.05, 3.63) is 65.4 Å². The van der Waals surface area contributed by atoms with Gasteiger partial charge in [0.25, 0.3) is 5.91 Å². The van der Waals surface area contributed by atoms with Crippen LogP contribution in [0.1, 0.15) is 60.2 Å². The number of amides is 1. The number of aromatic nitrogens is 8. The van der Waals surface area contributed by atoms with Crippen LogP contribution in [0.15, 0.2) is 36.9 Å². The van der Waals surface area contributed by atoms with E-state index in [1.807, 2.05) is 46.0 Å². The molecule has 0 saturated heterocycles. The van der Waals surface area contributed by atoms with E-state index in [1.165, 1.54) is 0 Å². The summed E-state index contributed by atoms with van der Waals surface area (Å²) in [4.78, 5) is 31.4. The first-order valence-electron chi connectivity index (χ1n) is 12.1. The van der Waals surface area contributed by atoms with Crippen LogP contribution in [0, 0.1) is 20.8 Å². The molecule has 12 nitrogen and oxygen atoms in total. The van der Waals surface area contributed by atoms with Crippen LogP contribution in [0.5, 0.6) is 0 Å². The second-order valence-electron chi connectivity index (χ2n) is 9.57. The fraction of sp³-hybridized carbons (Fsp3) is 0.400. The number of hydrogen-bond donors (Lipinski definition) is 3. The minimum Gasteiger partial charge on any atom is -0.368 e. The predicted octanol–water partition coefficient (Wildman–Crippen LogP) is 2.98. The minimum atomic E-state index is -0.946. The Morgan fingerprint density at radius 1 is 1.14 bits per heavy atom. The summed E-state index contributed by atoms with van der Waals surface area (Å²) >= 11 is 0. The summed E-state index contributed by atoms with van der Waals surface area (Å²) in [5, 5.41) is 17.6. The molecule has 3 N–H and O–H groups in total. The van der Waals surface area contributed by atoms with E-state index in [0.717, 1.165) is 17.0 Å². The van der Waals surface area contributed by atoms with Gasteiger partial charge in [0.15, 0.2) is 11.6 Å². The third-order valence-electron chi connectivity index (χ3n) is 6.55. The molecule has 0 radical (unpaired) electrons. The van der Waals surface area contributed by atoms with Crippen LogP contribution in [-0.4, -0.2) is 58.5 Å². The summed E-state index contributed by atoms with van der Waals surface area (Å²) in [6.45, 7) is 7.69. The van der Waals surface area contributed by atoms with Crippen LogP contribution in [0.2, 0.25) is 0 Å². The SMILES string of the molecule is COC1(C(=O)N[C@@H](C)c2cnc(-n3cc(C)cn3)cn2)CC(c2nc(C)cc(Nc3cc(C)[nH]n3)n2)C1. The fourth-order valence-electron chi connectivity index (χ4n) is 4.43. The highest BCUT2D eigenvalue weighted by atomic mass is 16.5. The Kier molecular flexibility index (Phi) is 6.42. The maximum Gasteiger partial charge on any atom is 0.252 e. The number of hydrogen-bond acceptors (Lipinski definition) is 9. The number of ether oxygens (including phenoxy) is 1. The summed E-state index contributed by atoms with van der Waals surface area (Å²) in [5.41, 5.74) is 2.52. The molecular formula is C25H30N10O2. The van der Waals surface area contributed by atoms with Crippen molar-refractivity contribution in [1.82, 2.24) is 45.2 Å². The van der Waals surface area contributed by atoms with Crippen molar-refractivity contribution in [3.63, 3.8) is 0 Å². The molecule has 1 aliphatic rings. The van der Waals surface area contributed by atoms with E-state index in [1.54, 1.807) is 30.4 Å². The monoisotopic (exact) mass is 502 g/mol. The Balaban J connectivity index is 1.23. The highest BCUT2D eigenvalue weighted by Gasteiger charge is 2.52. The summed E-state index contributed by atoms with van der Waals surface area (Å²) in [7, 11) is 1.56. The van der Waals surface area contributed by atoms with Gasteiger partial charge in [0.05, 0.1) is 30.3 Å². The van der Waals surface area contributed by atoms with Gasteiger partial charge in [0, 0.05) is 42.7 Å². The van der Waals surface area contributed by atoms with Crippen molar-refractivity contribution < 1.29 is 9.53 Å². The Morgan fingerprint density at radius 3 is 2.57 bits per heavy atom. The maximum atomic E-state index is 13.2. The average Bonchev–Trinajstić information content (AvgIpc) is 3.46. The molecule has 0 spiro atoms. The van der Waals surface area contributed by atoms with E-state index in [0.29, 0.717) is 41.8 Å². The summed E-state index contributed by atoms with van der Waals surface area (Å²) in [6, 6.07) is 3.42. The van der Waals surface area contributed by atoms with Gasteiger partial charge in [-0.05, 0) is 46.1 Å². The molecule has 1 fully saturated rings. The average molecular weight is 503 g/mol. The molecule has 1 aliphatic carbocycles. The summed E-state index contributed by atoms with van der Waals surface area (Å²) < 4.78 is 7.38. The van der Waals surface area contributed by atoms with E-state index in [9.17, 15) is 4.79 Å². The number of rotatable bonds is 8. The predicted molar refractivity (Wildman–Crippen MR) is 136 cm³/mol. The fourth-order valence-corrected chi connectivity index (χ4v) is 4.43. The Bertz CT molecular complexity index is 1410. The lowest BCUT2D eigenvalue weighted by molar-refractivity contribution is -0.158. The third kappa shape index (κ3) is 5.05. The smallest absolute Gasteiger partial charge is 0.252 e. The van der Waals surface area contributed by atoms with Gasteiger partial charge in [-0.2, -0.15) is 10.2 Å². The first-order valence-corrected chi connectivity index (χ1v) is 12.1. The van der Waals surface area contributed by atoms with E-state index < -0.39 is 5.60 Å². The molecule has 1 amide bonds. The zero-order valence-corrected chi connectivity index (χ0v) is 21.5. The molecular weight excluding hydrogens is 472 g/mol. The van der Waals surface area contributed by atoms with E-state index in [-0.39, 0.29) is 17.9 Å². The number of aromatic amines is 1. The van der Waals surface area contributed by atoms with Crippen LogP contribution >= 0.6 is 0 Å². The largest absolute Gasteiger partial charge is 0.368 e. The maximum absolute atomic E-state index is 13.2. The number of nitrogens with one attached hydrogen (secondary N) is 3. The molecule has 0 aromatic carbocycles. The lowest BCUT2D eigenvalue weighted by atomic mass is 9.69. The lowest BCUT2D eigenvalue weighted by Crippen LogP contribution is -2.56. The first kappa shape index (κ1) is 24.5. The van der Waals surface area contributed by atoms with Crippen LogP contribution in [0.25, 0.3) is 5.82 Å². The summed E-state index contributed by atoms with van der Waals surface area (Å²) in [6.07, 6.45) is 7.88. The van der Waals surface area contributed by atoms with Crippen molar-refractivity contribution in [2.45, 2.75) is 58.1 Å². The van der Waals surface area contributed by atoms with Gasteiger partial charge in [-0.15, -0.1) is 0 Å². The molecule has 0 unspecified atom stereocenters. The molecule has 4 aromatic rings. The van der Waals surface area contributed by atoms with Gasteiger partial charge in [0.1, 0.15) is 17.2 Å². The zero-order chi connectivity index (χ0) is 26.2. The Labute approximate surface area is 214 Å². The minimum absolute atomic E-state index is 0.000946. The van der Waals surface area contributed by atoms with Gasteiger partial charge in [-0.3, -0.25) is 14.9 Å². The zero-order valence-electron chi connectivity index (χ0n) is 21.5. The molecule has 0 bridgehead atoms. The van der Waals surface area contributed by atoms with Gasteiger partial charge in [0.2, 0.25) is 0 Å². The number of carbonyl (C=O) groups is 1. The molecule has 37 heavy (non-hydrogen) atoms. The number of carbonyl (C=O) groups excluding carboxylic acids is 1. The number of H-pyrrole nitrogens is 1. The van der Waals surface area contributed by atoms with Crippen molar-refractivity contribution >= 4 is 17.5 Å². The highest BCUT2D eigenvalue weighted by molar-refractivity contribution is 5.87. The van der Waals surface area contributed by atoms with Crippen molar-refractivity contribution in [3.8, 4) is 5.82 Å². The van der Waals surface area contributed by atoms with E-state index in [2.05, 4.69) is 45.9 Å². The van der Waals surface area contributed by atoms with E-state index >= 15 is 0 Å². The molecule has 192 valence electrons. The second kappa shape index (κ2) is 9.69. The quantitative estimate of drug-likeness (QED) is 0.330. The first-order chi connectivity index (χ1) is 17.7. The molecule has 1 saturated carbocycles. The van der Waals surface area contributed by atoms with E-state index in [4.69, 9.17) is 4.74 Å². The Hall–Kier alpha value is -4.19. The molecule has 0 aliphatic heterocycles. The topological polar surface area (TPSA) is 148 Å². The van der Waals surface area contributed by atoms with Gasteiger partial charge in [-0.25, -0.2) is 19.6 Å². The van der Waals surface area contributed by atoms with Crippen molar-refractivity contribution in [1.29, 1.82) is 0 Å². The van der Waals surface area contributed by atoms with Gasteiger partial charge >= 0.3 is 0 Å². The Morgan fingerprint density at radius 2 is 1.95 bits per heavy atom. The number of nitrogens with zero attached hydrogens (tertiary/aromatic N) is 7. The molecule has 12 heteroatoms. The van der Waals surface area contributed by atoms with Crippen LogP contribution in [-0.2, 0) is 9.53 Å². The summed E-state index contributed by atoms with van der Waals surface area (Å²) in [5.74, 6) is 2.45. The van der Waals surface area contributed by atoms with Crippen LogP contribution in [0.3, 0.4) is 0 Å². The van der Waals surface area contributed by atoms with Crippen molar-refractivity contribution in [2.24, 2.45) is 0 Å². The lowest BCUT2D eigenvalue weighted by Gasteiger charge is -2.44. The second-order valence-corrected chi connectivity index (χ2v) is 9.57.